The number of hydrogen-bond acceptors (Lipinski definition) is 3. The van der Waals surface area contributed by atoms with E-state index in [9.17, 15) is 0 Å². The summed E-state index contributed by atoms with van der Waals surface area (Å²) in [7, 11) is 0. The Morgan fingerprint density at radius 3 is 2.94 bits per heavy atom. The van der Waals surface area contributed by atoms with Gasteiger partial charge in [0.1, 0.15) is 0 Å². The minimum absolute atomic E-state index is 0.297. The van der Waals surface area contributed by atoms with E-state index in [0.29, 0.717) is 17.7 Å². The Kier molecular flexibility index (Phi) is 3.65. The molecule has 18 heavy (non-hydrogen) atoms. The zero-order valence-corrected chi connectivity index (χ0v) is 11.7. The SMILES string of the molecule is CCC1CCCC1(CN)N1CCOC2CCCC21. The molecule has 3 heteroatoms. The Hall–Kier alpha value is -0.120. The zero-order valence-electron chi connectivity index (χ0n) is 11.7. The third-order valence-electron chi connectivity index (χ3n) is 5.82. The second kappa shape index (κ2) is 5.10. The maximum Gasteiger partial charge on any atom is 0.0731 e. The Labute approximate surface area is 111 Å². The summed E-state index contributed by atoms with van der Waals surface area (Å²) < 4.78 is 5.97. The number of nitrogens with two attached hydrogens (primary N) is 1. The van der Waals surface area contributed by atoms with Gasteiger partial charge in [-0.3, -0.25) is 4.90 Å². The number of fused-ring (bicyclic) bond motifs is 1. The van der Waals surface area contributed by atoms with Crippen LogP contribution in [0.5, 0.6) is 0 Å². The van der Waals surface area contributed by atoms with Crippen LogP contribution in [0.15, 0.2) is 0 Å². The number of hydrogen-bond donors (Lipinski definition) is 1. The molecule has 4 atom stereocenters. The van der Waals surface area contributed by atoms with Gasteiger partial charge in [0.25, 0.3) is 0 Å². The van der Waals surface area contributed by atoms with Gasteiger partial charge in [-0.25, -0.2) is 0 Å². The number of ether oxygens (including phenoxy) is 1. The highest BCUT2D eigenvalue weighted by molar-refractivity contribution is 5.06. The van der Waals surface area contributed by atoms with E-state index in [1.807, 2.05) is 0 Å². The summed E-state index contributed by atoms with van der Waals surface area (Å²) in [5, 5.41) is 0. The fourth-order valence-corrected chi connectivity index (χ4v) is 4.95. The van der Waals surface area contributed by atoms with Crippen molar-refractivity contribution >= 4 is 0 Å². The summed E-state index contributed by atoms with van der Waals surface area (Å²) in [4.78, 5) is 2.79. The van der Waals surface area contributed by atoms with Crippen LogP contribution in [0.4, 0.5) is 0 Å². The first-order chi connectivity index (χ1) is 8.81. The molecule has 0 aromatic rings. The molecule has 1 heterocycles. The van der Waals surface area contributed by atoms with Crippen LogP contribution in [0.3, 0.4) is 0 Å². The lowest BCUT2D eigenvalue weighted by Gasteiger charge is -2.51. The average molecular weight is 252 g/mol. The maximum atomic E-state index is 6.27. The molecule has 2 aliphatic carbocycles. The summed E-state index contributed by atoms with van der Waals surface area (Å²) in [6.45, 7) is 5.20. The Morgan fingerprint density at radius 2 is 2.17 bits per heavy atom. The molecule has 3 aliphatic rings. The highest BCUT2D eigenvalue weighted by atomic mass is 16.5. The Morgan fingerprint density at radius 1 is 1.28 bits per heavy atom. The van der Waals surface area contributed by atoms with Gasteiger partial charge in [0, 0.05) is 24.7 Å². The van der Waals surface area contributed by atoms with Crippen molar-refractivity contribution in [3.8, 4) is 0 Å². The van der Waals surface area contributed by atoms with E-state index in [1.54, 1.807) is 0 Å². The molecule has 0 spiro atoms. The molecule has 104 valence electrons. The fraction of sp³-hybridized carbons (Fsp3) is 1.00. The Bertz CT molecular complexity index is 296. The highest BCUT2D eigenvalue weighted by Gasteiger charge is 2.51. The van der Waals surface area contributed by atoms with Crippen LogP contribution in [0.2, 0.25) is 0 Å². The quantitative estimate of drug-likeness (QED) is 0.836. The largest absolute Gasteiger partial charge is 0.375 e. The molecule has 2 saturated carbocycles. The van der Waals surface area contributed by atoms with Crippen LogP contribution in [0, 0.1) is 5.92 Å². The van der Waals surface area contributed by atoms with Crippen molar-refractivity contribution in [1.29, 1.82) is 0 Å². The van der Waals surface area contributed by atoms with Gasteiger partial charge in [0.2, 0.25) is 0 Å². The molecule has 4 unspecified atom stereocenters. The normalized spacial score (nSPS) is 45.3. The smallest absolute Gasteiger partial charge is 0.0731 e. The summed E-state index contributed by atoms with van der Waals surface area (Å²) in [5.74, 6) is 0.807. The van der Waals surface area contributed by atoms with Crippen LogP contribution in [0.1, 0.15) is 51.9 Å². The van der Waals surface area contributed by atoms with Crippen molar-refractivity contribution in [2.75, 3.05) is 19.7 Å². The molecular weight excluding hydrogens is 224 g/mol. The van der Waals surface area contributed by atoms with E-state index in [0.717, 1.165) is 25.6 Å². The first-order valence-electron chi connectivity index (χ1n) is 7.90. The van der Waals surface area contributed by atoms with E-state index >= 15 is 0 Å². The number of morpholine rings is 1. The molecule has 1 saturated heterocycles. The van der Waals surface area contributed by atoms with Crippen molar-refractivity contribution in [2.24, 2.45) is 11.7 Å². The molecule has 0 radical (unpaired) electrons. The topological polar surface area (TPSA) is 38.5 Å². The highest BCUT2D eigenvalue weighted by Crippen LogP contribution is 2.45. The molecule has 3 nitrogen and oxygen atoms in total. The molecule has 1 aliphatic heterocycles. The second-order valence-electron chi connectivity index (χ2n) is 6.41. The van der Waals surface area contributed by atoms with E-state index in [1.165, 1.54) is 44.9 Å². The van der Waals surface area contributed by atoms with Crippen molar-refractivity contribution < 1.29 is 4.74 Å². The maximum absolute atomic E-state index is 6.27. The van der Waals surface area contributed by atoms with Crippen molar-refractivity contribution in [2.45, 2.75) is 69.6 Å². The van der Waals surface area contributed by atoms with Gasteiger partial charge in [0.15, 0.2) is 0 Å². The van der Waals surface area contributed by atoms with E-state index in [-0.39, 0.29) is 0 Å². The molecular formula is C15H28N2O. The van der Waals surface area contributed by atoms with Crippen LogP contribution in [-0.4, -0.2) is 42.3 Å². The zero-order chi connectivity index (χ0) is 12.6. The third kappa shape index (κ3) is 1.83. The van der Waals surface area contributed by atoms with Gasteiger partial charge in [-0.15, -0.1) is 0 Å². The van der Waals surface area contributed by atoms with E-state index in [4.69, 9.17) is 10.5 Å². The second-order valence-corrected chi connectivity index (χ2v) is 6.41. The van der Waals surface area contributed by atoms with Gasteiger partial charge in [-0.05, 0) is 38.0 Å². The predicted octanol–water partition coefficient (Wildman–Crippen LogP) is 2.15. The lowest BCUT2D eigenvalue weighted by Crippen LogP contribution is -2.64. The van der Waals surface area contributed by atoms with Gasteiger partial charge in [-0.2, -0.15) is 0 Å². The third-order valence-corrected chi connectivity index (χ3v) is 5.82. The van der Waals surface area contributed by atoms with Crippen molar-refractivity contribution in [1.82, 2.24) is 4.90 Å². The molecule has 3 rings (SSSR count). The lowest BCUT2D eigenvalue weighted by atomic mass is 9.81. The van der Waals surface area contributed by atoms with Crippen LogP contribution in [0.25, 0.3) is 0 Å². The summed E-state index contributed by atoms with van der Waals surface area (Å²) in [6.07, 6.45) is 9.76. The molecule has 0 bridgehead atoms. The van der Waals surface area contributed by atoms with Crippen LogP contribution >= 0.6 is 0 Å². The monoisotopic (exact) mass is 252 g/mol. The van der Waals surface area contributed by atoms with E-state index in [2.05, 4.69) is 11.8 Å². The van der Waals surface area contributed by atoms with Gasteiger partial charge >= 0.3 is 0 Å². The first-order valence-corrected chi connectivity index (χ1v) is 7.90. The number of rotatable bonds is 3. The number of nitrogens with zero attached hydrogens (tertiary/aromatic N) is 1. The standard InChI is InChI=1S/C15H28N2O/c1-2-12-5-4-8-15(12,11-16)17-9-10-18-14-7-3-6-13(14)17/h12-14H,2-11,16H2,1H3. The summed E-state index contributed by atoms with van der Waals surface area (Å²) >= 11 is 0. The minimum atomic E-state index is 0.297. The van der Waals surface area contributed by atoms with Gasteiger partial charge < -0.3 is 10.5 Å². The predicted molar refractivity (Wildman–Crippen MR) is 73.5 cm³/mol. The summed E-state index contributed by atoms with van der Waals surface area (Å²) in [5.41, 5.74) is 6.56. The van der Waals surface area contributed by atoms with Gasteiger partial charge in [0.05, 0.1) is 12.7 Å². The van der Waals surface area contributed by atoms with Gasteiger partial charge in [-0.1, -0.05) is 19.8 Å². The first kappa shape index (κ1) is 12.9. The molecule has 0 aromatic carbocycles. The molecule has 3 fully saturated rings. The van der Waals surface area contributed by atoms with Crippen molar-refractivity contribution in [3.63, 3.8) is 0 Å². The van der Waals surface area contributed by atoms with Crippen LogP contribution < -0.4 is 5.73 Å². The fourth-order valence-electron chi connectivity index (χ4n) is 4.95. The Balaban J connectivity index is 1.86. The van der Waals surface area contributed by atoms with E-state index < -0.39 is 0 Å². The molecule has 2 N–H and O–H groups in total. The minimum Gasteiger partial charge on any atom is -0.375 e. The summed E-state index contributed by atoms with van der Waals surface area (Å²) in [6, 6.07) is 0.662. The van der Waals surface area contributed by atoms with Crippen molar-refractivity contribution in [3.05, 3.63) is 0 Å². The van der Waals surface area contributed by atoms with Crippen LogP contribution in [-0.2, 0) is 4.74 Å². The molecule has 0 aromatic heterocycles. The average Bonchev–Trinajstić information content (AvgIpc) is 3.04. The lowest BCUT2D eigenvalue weighted by molar-refractivity contribution is -0.107. The molecule has 0 amide bonds.